The van der Waals surface area contributed by atoms with Crippen molar-refractivity contribution in [1.29, 1.82) is 0 Å². The number of imidazole rings is 1. The van der Waals surface area contributed by atoms with Gasteiger partial charge >= 0.3 is 0 Å². The van der Waals surface area contributed by atoms with Crippen molar-refractivity contribution >= 4 is 52.0 Å². The first-order valence-electron chi connectivity index (χ1n) is 21.3. The molecule has 0 radical (unpaired) electrons. The molecule has 2 fully saturated rings. The zero-order valence-electron chi connectivity index (χ0n) is 35.8. The second-order valence-corrected chi connectivity index (χ2v) is 14.9. The van der Waals surface area contributed by atoms with Gasteiger partial charge in [-0.3, -0.25) is 38.9 Å². The number of nitrogen functional groups attached to an aromatic ring is 1. The van der Waals surface area contributed by atoms with Crippen molar-refractivity contribution in [3.05, 3.63) is 89.6 Å². The predicted octanol–water partition coefficient (Wildman–Crippen LogP) is 4.22. The second-order valence-electron chi connectivity index (χ2n) is 14.9. The molecule has 17 nitrogen and oxygen atoms in total. The smallest absolute Gasteiger partial charge is 0.264 e. The van der Waals surface area contributed by atoms with Gasteiger partial charge in [0.1, 0.15) is 29.0 Å². The molecule has 332 valence electrons. The lowest BCUT2D eigenvalue weighted by atomic mass is 10.0. The van der Waals surface area contributed by atoms with E-state index in [1.165, 1.54) is 0 Å². The number of piperidine rings is 1. The maximum Gasteiger partial charge on any atom is 0.264 e. The molecule has 3 aromatic heterocycles. The van der Waals surface area contributed by atoms with E-state index in [0.29, 0.717) is 99.1 Å². The maximum atomic E-state index is 15.7. The number of carbonyl (C=O) groups excluding carboxylic acids is 4. The number of nitrogens with one attached hydrogen (secondary N) is 2. The monoisotopic (exact) mass is 864 g/mol. The van der Waals surface area contributed by atoms with Gasteiger partial charge in [-0.1, -0.05) is 19.9 Å². The van der Waals surface area contributed by atoms with Crippen LogP contribution in [0.15, 0.2) is 66.9 Å². The molecule has 2 saturated heterocycles. The molecule has 4 N–H and O–H groups in total. The lowest BCUT2D eigenvalue weighted by Crippen LogP contribution is -2.54. The minimum absolute atomic E-state index is 0.0602. The fourth-order valence-electron chi connectivity index (χ4n) is 7.91. The summed E-state index contributed by atoms with van der Waals surface area (Å²) in [4.78, 5) is 69.1. The summed E-state index contributed by atoms with van der Waals surface area (Å²) >= 11 is 0. The number of piperazine rings is 1. The van der Waals surface area contributed by atoms with Crippen molar-refractivity contribution in [1.82, 2.24) is 34.6 Å². The van der Waals surface area contributed by atoms with Crippen molar-refractivity contribution in [2.45, 2.75) is 39.7 Å². The summed E-state index contributed by atoms with van der Waals surface area (Å²) in [7, 11) is 0. The van der Waals surface area contributed by atoms with E-state index in [1.807, 2.05) is 55.7 Å². The number of nitrogens with zero attached hydrogens (tertiary/aromatic N) is 7. The highest BCUT2D eigenvalue weighted by atomic mass is 19.1. The Labute approximate surface area is 364 Å². The van der Waals surface area contributed by atoms with Crippen LogP contribution < -0.4 is 21.3 Å². The number of halogens is 1. The van der Waals surface area contributed by atoms with Crippen LogP contribution in [-0.4, -0.2) is 138 Å². The third-order valence-electron chi connectivity index (χ3n) is 11.0. The SMILES string of the molecule is CC.Cc1nc2ccc(-c3ccnc(N)c3)nc2n1-c1ccc(N2CCN(CCOCCOCCOCCNc3cccc4c3C(=O)N(C3CCC(=O)NC3=O)C4=O)CC2)c(F)c1. The van der Waals surface area contributed by atoms with Crippen molar-refractivity contribution < 1.29 is 37.8 Å². The maximum absolute atomic E-state index is 15.7. The molecule has 0 spiro atoms. The number of carbonyl (C=O) groups is 4. The number of imide groups is 2. The van der Waals surface area contributed by atoms with Crippen LogP contribution >= 0.6 is 0 Å². The van der Waals surface area contributed by atoms with Crippen molar-refractivity contribution in [3.63, 3.8) is 0 Å². The van der Waals surface area contributed by atoms with E-state index in [2.05, 4.69) is 30.4 Å². The highest BCUT2D eigenvalue weighted by Gasteiger charge is 2.45. The lowest BCUT2D eigenvalue weighted by Gasteiger charge is -2.36. The standard InChI is InChI=1S/C43H47FN10O7.C2H6/c1-27-48-34-7-6-32(28-11-12-47-37(45)25-28)49-40(34)53(27)29-5-8-35(31(44)26-29)52-16-14-51(15-17-52)18-20-60-22-24-61-23-21-59-19-13-46-33-4-2-3-30-39(33)43(58)54(42(30)57)36-9-10-38(55)50-41(36)56;1-2/h2-8,11-12,25-26,36,46H,9-10,13-24H2,1H3,(H2,45,47)(H,50,55,56);1-2H3. The largest absolute Gasteiger partial charge is 0.384 e. The van der Waals surface area contributed by atoms with E-state index < -0.39 is 29.7 Å². The van der Waals surface area contributed by atoms with Gasteiger partial charge in [0.15, 0.2) is 5.65 Å². The summed E-state index contributed by atoms with van der Waals surface area (Å²) in [6.45, 7) is 12.5. The van der Waals surface area contributed by atoms with Crippen molar-refractivity contribution in [2.75, 3.05) is 94.9 Å². The number of benzene rings is 2. The van der Waals surface area contributed by atoms with E-state index in [1.54, 1.807) is 36.5 Å². The van der Waals surface area contributed by atoms with Crippen LogP contribution in [0.1, 0.15) is 53.2 Å². The van der Waals surface area contributed by atoms with Gasteiger partial charge in [-0.2, -0.15) is 0 Å². The highest BCUT2D eigenvalue weighted by molar-refractivity contribution is 6.25. The van der Waals surface area contributed by atoms with Crippen LogP contribution in [0.4, 0.5) is 21.6 Å². The number of aromatic nitrogens is 4. The van der Waals surface area contributed by atoms with Gasteiger partial charge < -0.3 is 30.2 Å². The zero-order valence-corrected chi connectivity index (χ0v) is 35.8. The Hall–Kier alpha value is -6.34. The van der Waals surface area contributed by atoms with Gasteiger partial charge in [0, 0.05) is 69.2 Å². The number of anilines is 3. The number of aryl methyl sites for hydroxylation is 1. The average Bonchev–Trinajstić information content (AvgIpc) is 3.75. The Balaban J connectivity index is 0.00000293. The summed E-state index contributed by atoms with van der Waals surface area (Å²) in [5.41, 5.74) is 10.9. The zero-order chi connectivity index (χ0) is 44.5. The van der Waals surface area contributed by atoms with Crippen LogP contribution in [0.5, 0.6) is 0 Å². The van der Waals surface area contributed by atoms with Gasteiger partial charge in [0.2, 0.25) is 11.8 Å². The van der Waals surface area contributed by atoms with E-state index in [9.17, 15) is 19.2 Å². The van der Waals surface area contributed by atoms with E-state index in [4.69, 9.17) is 24.9 Å². The van der Waals surface area contributed by atoms with Gasteiger partial charge in [0.25, 0.3) is 11.8 Å². The van der Waals surface area contributed by atoms with Crippen LogP contribution in [0.2, 0.25) is 0 Å². The number of hydrogen-bond donors (Lipinski definition) is 3. The van der Waals surface area contributed by atoms with E-state index in [0.717, 1.165) is 35.8 Å². The first kappa shape index (κ1) is 44.7. The number of amides is 4. The molecule has 2 aromatic carbocycles. The Morgan fingerprint density at radius 1 is 0.857 bits per heavy atom. The van der Waals surface area contributed by atoms with Crippen molar-refractivity contribution in [3.8, 4) is 16.9 Å². The summed E-state index contributed by atoms with van der Waals surface area (Å²) in [6, 6.07) is 16.6. The molecular weight excluding hydrogens is 812 g/mol. The first-order chi connectivity index (χ1) is 30.7. The number of ether oxygens (including phenoxy) is 3. The lowest BCUT2D eigenvalue weighted by molar-refractivity contribution is -0.136. The van der Waals surface area contributed by atoms with Crippen LogP contribution in [0, 0.1) is 12.7 Å². The summed E-state index contributed by atoms with van der Waals surface area (Å²) in [6.07, 6.45) is 1.80. The van der Waals surface area contributed by atoms with E-state index >= 15 is 4.39 Å². The fourth-order valence-corrected chi connectivity index (χ4v) is 7.91. The molecule has 8 rings (SSSR count). The molecule has 0 saturated carbocycles. The molecule has 6 heterocycles. The van der Waals surface area contributed by atoms with E-state index in [-0.39, 0.29) is 29.8 Å². The molecule has 63 heavy (non-hydrogen) atoms. The third-order valence-corrected chi connectivity index (χ3v) is 11.0. The summed E-state index contributed by atoms with van der Waals surface area (Å²) in [5, 5.41) is 5.36. The molecule has 1 atom stereocenters. The number of fused-ring (bicyclic) bond motifs is 2. The van der Waals surface area contributed by atoms with Crippen LogP contribution in [0.25, 0.3) is 28.1 Å². The number of nitrogens with two attached hydrogens (primary N) is 1. The second kappa shape index (κ2) is 20.7. The molecular formula is C45H53FN10O7. The Morgan fingerprint density at radius 3 is 2.33 bits per heavy atom. The van der Waals surface area contributed by atoms with Gasteiger partial charge in [-0.15, -0.1) is 0 Å². The number of pyridine rings is 2. The quantitative estimate of drug-likeness (QED) is 0.0887. The molecule has 0 aliphatic carbocycles. The summed E-state index contributed by atoms with van der Waals surface area (Å²) < 4.78 is 34.7. The Morgan fingerprint density at radius 2 is 1.60 bits per heavy atom. The molecule has 5 aromatic rings. The Kier molecular flexibility index (Phi) is 14.7. The normalized spacial score (nSPS) is 16.6. The van der Waals surface area contributed by atoms with Gasteiger partial charge in [-0.05, 0) is 61.9 Å². The average molecular weight is 865 g/mol. The molecule has 3 aliphatic heterocycles. The predicted molar refractivity (Wildman–Crippen MR) is 235 cm³/mol. The number of hydrogen-bond acceptors (Lipinski definition) is 14. The van der Waals surface area contributed by atoms with Crippen LogP contribution in [0.3, 0.4) is 0 Å². The van der Waals surface area contributed by atoms with Crippen molar-refractivity contribution in [2.24, 2.45) is 0 Å². The van der Waals surface area contributed by atoms with Crippen LogP contribution in [-0.2, 0) is 23.8 Å². The van der Waals surface area contributed by atoms with Gasteiger partial charge in [-0.25, -0.2) is 19.3 Å². The molecule has 1 unspecified atom stereocenters. The summed E-state index contributed by atoms with van der Waals surface area (Å²) in [5.74, 6) is -1.37. The topological polar surface area (TPSA) is 199 Å². The third kappa shape index (κ3) is 10.1. The molecule has 18 heteroatoms. The minimum Gasteiger partial charge on any atom is -0.384 e. The molecule has 0 bridgehead atoms. The fraction of sp³-hybridized carbons (Fsp3) is 0.400. The molecule has 3 aliphatic rings. The number of rotatable bonds is 17. The van der Waals surface area contributed by atoms with Gasteiger partial charge in [0.05, 0.1) is 67.8 Å². The minimum atomic E-state index is -1.02. The first-order valence-corrected chi connectivity index (χ1v) is 21.3. The molecule has 4 amide bonds. The Bertz CT molecular complexity index is 2450. The highest BCUT2D eigenvalue weighted by Crippen LogP contribution is 2.33.